The molecular weight excluding hydrogens is 421 g/mol. The topological polar surface area (TPSA) is 42.0 Å². The Morgan fingerprint density at radius 1 is 1.06 bits per heavy atom. The van der Waals surface area contributed by atoms with E-state index in [1.807, 2.05) is 6.07 Å². The van der Waals surface area contributed by atoms with Crippen molar-refractivity contribution in [3.8, 4) is 0 Å². The van der Waals surface area contributed by atoms with E-state index in [-0.39, 0.29) is 30.2 Å². The van der Waals surface area contributed by atoms with Crippen LogP contribution < -0.4 is 0 Å². The van der Waals surface area contributed by atoms with Gasteiger partial charge in [0.1, 0.15) is 12.4 Å². The number of carbonyl (C=O) groups is 1. The lowest BCUT2D eigenvalue weighted by molar-refractivity contribution is -0.136. The first-order chi connectivity index (χ1) is 15.4. The molecule has 1 fully saturated rings. The lowest BCUT2D eigenvalue weighted by Crippen LogP contribution is -2.41. The Morgan fingerprint density at radius 3 is 2.56 bits per heavy atom. The number of benzene rings is 2. The first kappa shape index (κ1) is 24.2. The first-order valence-electron chi connectivity index (χ1n) is 10.6. The van der Waals surface area contributed by atoms with E-state index in [1.54, 1.807) is 24.1 Å². The first-order valence-corrected chi connectivity index (χ1v) is 10.6. The molecule has 5 nitrogen and oxygen atoms in total. The average Bonchev–Trinajstić information content (AvgIpc) is 3.16. The zero-order valence-corrected chi connectivity index (χ0v) is 18.4. The van der Waals surface area contributed by atoms with Crippen LogP contribution in [0.5, 0.6) is 0 Å². The average molecular weight is 451 g/mol. The van der Waals surface area contributed by atoms with Crippen molar-refractivity contribution in [1.29, 1.82) is 0 Å². The molecule has 1 aliphatic rings. The number of hydrogen-bond donors (Lipinski definition) is 0. The quantitative estimate of drug-likeness (QED) is 0.556. The van der Waals surface area contributed by atoms with Crippen LogP contribution in [0.2, 0.25) is 0 Å². The highest BCUT2D eigenvalue weighted by atomic mass is 19.2. The van der Waals surface area contributed by atoms with Crippen molar-refractivity contribution in [3.63, 3.8) is 0 Å². The summed E-state index contributed by atoms with van der Waals surface area (Å²) in [4.78, 5) is 16.4. The van der Waals surface area contributed by atoms with Crippen LogP contribution in [-0.2, 0) is 20.8 Å². The molecule has 0 unspecified atom stereocenters. The maximum atomic E-state index is 13.9. The molecule has 2 atom stereocenters. The standard InChI is InChI=1S/C24H29F3N2O3/c1-31-9-8-29(24(30)16-32-2)14-19-13-28(12-17-6-7-22(26)23(27)10-17)15-21(19)18-4-3-5-20(25)11-18/h3-7,10-11,19,21H,8-9,12-16H2,1-2H3/t19-,21+/m1/s1. The van der Waals surface area contributed by atoms with E-state index in [4.69, 9.17) is 9.47 Å². The van der Waals surface area contributed by atoms with Gasteiger partial charge >= 0.3 is 0 Å². The van der Waals surface area contributed by atoms with Crippen molar-refractivity contribution < 1.29 is 27.4 Å². The van der Waals surface area contributed by atoms with Crippen molar-refractivity contribution >= 4 is 5.91 Å². The minimum atomic E-state index is -0.879. The molecule has 2 aromatic carbocycles. The highest BCUT2D eigenvalue weighted by molar-refractivity contribution is 5.77. The number of likely N-dealkylation sites (tertiary alicyclic amines) is 1. The number of halogens is 3. The predicted molar refractivity (Wildman–Crippen MR) is 115 cm³/mol. The molecule has 0 aliphatic carbocycles. The van der Waals surface area contributed by atoms with Gasteiger partial charge in [0.25, 0.3) is 0 Å². The third kappa shape index (κ3) is 6.31. The molecule has 0 aromatic heterocycles. The number of methoxy groups -OCH3 is 2. The molecule has 0 radical (unpaired) electrons. The van der Waals surface area contributed by atoms with E-state index in [0.717, 1.165) is 11.6 Å². The molecular formula is C24H29F3N2O3. The Labute approximate surface area is 186 Å². The fraction of sp³-hybridized carbons (Fsp3) is 0.458. The van der Waals surface area contributed by atoms with Gasteiger partial charge in [-0.1, -0.05) is 18.2 Å². The summed E-state index contributed by atoms with van der Waals surface area (Å²) in [6.07, 6.45) is 0. The Morgan fingerprint density at radius 2 is 1.88 bits per heavy atom. The van der Waals surface area contributed by atoms with E-state index in [9.17, 15) is 18.0 Å². The Balaban J connectivity index is 1.80. The zero-order chi connectivity index (χ0) is 23.1. The van der Waals surface area contributed by atoms with Crippen LogP contribution in [0.3, 0.4) is 0 Å². The van der Waals surface area contributed by atoms with Crippen molar-refractivity contribution in [2.75, 3.05) is 53.6 Å². The number of ether oxygens (including phenoxy) is 2. The van der Waals surface area contributed by atoms with Crippen LogP contribution in [0.25, 0.3) is 0 Å². The lowest BCUT2D eigenvalue weighted by atomic mass is 9.88. The van der Waals surface area contributed by atoms with Gasteiger partial charge in [-0.15, -0.1) is 0 Å². The smallest absolute Gasteiger partial charge is 0.248 e. The SMILES string of the molecule is COCCN(C[C@H]1CN(Cc2ccc(F)c(F)c2)C[C@H]1c1cccc(F)c1)C(=O)COC. The molecule has 0 spiro atoms. The largest absolute Gasteiger partial charge is 0.383 e. The molecule has 0 N–H and O–H groups in total. The number of amides is 1. The molecule has 174 valence electrons. The summed E-state index contributed by atoms with van der Waals surface area (Å²) in [6, 6.07) is 10.4. The van der Waals surface area contributed by atoms with Crippen LogP contribution in [-0.4, -0.2) is 69.3 Å². The van der Waals surface area contributed by atoms with Gasteiger partial charge in [0.15, 0.2) is 11.6 Å². The fourth-order valence-electron chi connectivity index (χ4n) is 4.30. The summed E-state index contributed by atoms with van der Waals surface area (Å²) in [6.45, 7) is 2.93. The summed E-state index contributed by atoms with van der Waals surface area (Å²) >= 11 is 0. The second kappa shape index (κ2) is 11.4. The summed E-state index contributed by atoms with van der Waals surface area (Å²) < 4.78 is 51.1. The van der Waals surface area contributed by atoms with Crippen LogP contribution in [0.15, 0.2) is 42.5 Å². The van der Waals surface area contributed by atoms with Gasteiger partial charge in [-0.05, 0) is 41.3 Å². The molecule has 3 rings (SSSR count). The minimum Gasteiger partial charge on any atom is -0.383 e. The third-order valence-corrected chi connectivity index (χ3v) is 5.82. The van der Waals surface area contributed by atoms with Gasteiger partial charge in [-0.3, -0.25) is 9.69 Å². The second-order valence-electron chi connectivity index (χ2n) is 8.13. The van der Waals surface area contributed by atoms with E-state index < -0.39 is 11.6 Å². The second-order valence-corrected chi connectivity index (χ2v) is 8.13. The van der Waals surface area contributed by atoms with Crippen molar-refractivity contribution in [2.45, 2.75) is 12.5 Å². The van der Waals surface area contributed by atoms with E-state index in [1.165, 1.54) is 25.3 Å². The van der Waals surface area contributed by atoms with Crippen LogP contribution in [0, 0.1) is 23.4 Å². The Bertz CT molecular complexity index is 912. The highest BCUT2D eigenvalue weighted by Crippen LogP contribution is 2.34. The molecule has 32 heavy (non-hydrogen) atoms. The summed E-state index contributed by atoms with van der Waals surface area (Å²) in [5, 5.41) is 0. The van der Waals surface area contributed by atoms with Gasteiger partial charge < -0.3 is 14.4 Å². The molecule has 1 heterocycles. The Kier molecular flexibility index (Phi) is 8.67. The number of hydrogen-bond acceptors (Lipinski definition) is 4. The van der Waals surface area contributed by atoms with Crippen molar-refractivity contribution in [3.05, 3.63) is 71.0 Å². The maximum absolute atomic E-state index is 13.9. The van der Waals surface area contributed by atoms with Crippen molar-refractivity contribution in [2.24, 2.45) is 5.92 Å². The molecule has 0 bridgehead atoms. The predicted octanol–water partition coefficient (Wildman–Crippen LogP) is 3.44. The van der Waals surface area contributed by atoms with E-state index in [2.05, 4.69) is 4.90 Å². The maximum Gasteiger partial charge on any atom is 0.248 e. The zero-order valence-electron chi connectivity index (χ0n) is 18.4. The van der Waals surface area contributed by atoms with Crippen LogP contribution in [0.1, 0.15) is 17.0 Å². The summed E-state index contributed by atoms with van der Waals surface area (Å²) in [5.41, 5.74) is 1.52. The van der Waals surface area contributed by atoms with Crippen LogP contribution >= 0.6 is 0 Å². The molecule has 1 aliphatic heterocycles. The summed E-state index contributed by atoms with van der Waals surface area (Å²) in [5.74, 6) is -2.20. The molecule has 2 aromatic rings. The van der Waals surface area contributed by atoms with E-state index >= 15 is 0 Å². The van der Waals surface area contributed by atoms with Gasteiger partial charge in [-0.2, -0.15) is 0 Å². The number of nitrogens with zero attached hydrogens (tertiary/aromatic N) is 2. The number of rotatable bonds is 10. The third-order valence-electron chi connectivity index (χ3n) is 5.82. The monoisotopic (exact) mass is 450 g/mol. The van der Waals surface area contributed by atoms with Gasteiger partial charge in [0, 0.05) is 52.9 Å². The van der Waals surface area contributed by atoms with Gasteiger partial charge in [0.2, 0.25) is 5.91 Å². The highest BCUT2D eigenvalue weighted by Gasteiger charge is 2.36. The normalized spacial score (nSPS) is 18.8. The fourth-order valence-corrected chi connectivity index (χ4v) is 4.30. The van der Waals surface area contributed by atoms with Crippen LogP contribution in [0.4, 0.5) is 13.2 Å². The van der Waals surface area contributed by atoms with Gasteiger partial charge in [0.05, 0.1) is 6.61 Å². The van der Waals surface area contributed by atoms with E-state index in [0.29, 0.717) is 44.9 Å². The molecule has 0 saturated carbocycles. The lowest BCUT2D eigenvalue weighted by Gasteiger charge is -2.28. The van der Waals surface area contributed by atoms with Gasteiger partial charge in [-0.25, -0.2) is 13.2 Å². The molecule has 8 heteroatoms. The molecule has 1 amide bonds. The number of carbonyl (C=O) groups excluding carboxylic acids is 1. The van der Waals surface area contributed by atoms with Crippen molar-refractivity contribution in [1.82, 2.24) is 9.80 Å². The summed E-state index contributed by atoms with van der Waals surface area (Å²) in [7, 11) is 3.05. The molecule has 1 saturated heterocycles. The Hall–Kier alpha value is -2.42. The minimum absolute atomic E-state index is 0.0172.